The van der Waals surface area contributed by atoms with Crippen molar-refractivity contribution in [1.82, 2.24) is 20.5 Å². The number of nitrogens with two attached hydrogens (primary N) is 1. The first-order valence-electron chi connectivity index (χ1n) is 6.31. The average Bonchev–Trinajstić information content (AvgIpc) is 2.33. The molecule has 0 aliphatic carbocycles. The molecule has 6 heteroatoms. The van der Waals surface area contributed by atoms with E-state index in [4.69, 9.17) is 5.84 Å². The minimum absolute atomic E-state index is 0.473. The van der Waals surface area contributed by atoms with Gasteiger partial charge in [-0.3, -0.25) is 15.3 Å². The number of hydrogen-bond donors (Lipinski definition) is 3. The van der Waals surface area contributed by atoms with Crippen molar-refractivity contribution >= 4 is 5.96 Å². The number of guanidine groups is 1. The van der Waals surface area contributed by atoms with Crippen molar-refractivity contribution < 1.29 is 0 Å². The molecule has 0 amide bonds. The van der Waals surface area contributed by atoms with E-state index < -0.39 is 0 Å². The SMILES string of the molecule is CCCNC(=NCC1CN(C)CCN1C)NN. The summed E-state index contributed by atoms with van der Waals surface area (Å²) in [5.41, 5.74) is 2.61. The number of piperazine rings is 1. The zero-order chi connectivity index (χ0) is 12.7. The van der Waals surface area contributed by atoms with Crippen molar-refractivity contribution in [2.45, 2.75) is 19.4 Å². The molecule has 1 aliphatic rings. The van der Waals surface area contributed by atoms with Gasteiger partial charge >= 0.3 is 0 Å². The smallest absolute Gasteiger partial charge is 0.205 e. The van der Waals surface area contributed by atoms with E-state index in [1.165, 1.54) is 0 Å². The lowest BCUT2D eigenvalue weighted by Gasteiger charge is -2.36. The third-order valence-electron chi connectivity index (χ3n) is 3.12. The molecule has 1 fully saturated rings. The second-order valence-corrected chi connectivity index (χ2v) is 4.66. The van der Waals surface area contributed by atoms with E-state index in [0.29, 0.717) is 12.0 Å². The second-order valence-electron chi connectivity index (χ2n) is 4.66. The van der Waals surface area contributed by atoms with Gasteiger partial charge in [0.15, 0.2) is 0 Å². The Morgan fingerprint density at radius 2 is 2.18 bits per heavy atom. The summed E-state index contributed by atoms with van der Waals surface area (Å²) in [6.45, 7) is 7.08. The van der Waals surface area contributed by atoms with E-state index in [-0.39, 0.29) is 0 Å². The summed E-state index contributed by atoms with van der Waals surface area (Å²) in [5.74, 6) is 6.11. The summed E-state index contributed by atoms with van der Waals surface area (Å²) in [4.78, 5) is 9.19. The van der Waals surface area contributed by atoms with Crippen LogP contribution in [0.3, 0.4) is 0 Å². The quantitative estimate of drug-likeness (QED) is 0.257. The number of hydrogen-bond acceptors (Lipinski definition) is 4. The molecular weight excluding hydrogens is 216 g/mol. The molecule has 1 saturated heterocycles. The third-order valence-corrected chi connectivity index (χ3v) is 3.12. The van der Waals surface area contributed by atoms with Crippen LogP contribution in [0.1, 0.15) is 13.3 Å². The van der Waals surface area contributed by atoms with Gasteiger partial charge in [0.05, 0.1) is 6.54 Å². The lowest BCUT2D eigenvalue weighted by Crippen LogP contribution is -2.52. The van der Waals surface area contributed by atoms with E-state index in [9.17, 15) is 0 Å². The van der Waals surface area contributed by atoms with Crippen LogP contribution < -0.4 is 16.6 Å². The summed E-state index contributed by atoms with van der Waals surface area (Å²) in [7, 11) is 4.31. The van der Waals surface area contributed by atoms with Gasteiger partial charge in [-0.25, -0.2) is 5.84 Å². The molecule has 1 unspecified atom stereocenters. The van der Waals surface area contributed by atoms with Crippen LogP contribution in [-0.2, 0) is 0 Å². The number of rotatable bonds is 4. The molecule has 0 bridgehead atoms. The van der Waals surface area contributed by atoms with E-state index in [1.807, 2.05) is 0 Å². The summed E-state index contributed by atoms with van der Waals surface area (Å²) in [5, 5.41) is 3.17. The van der Waals surface area contributed by atoms with Crippen molar-refractivity contribution in [3.63, 3.8) is 0 Å². The minimum atomic E-state index is 0.473. The normalized spacial score (nSPS) is 23.8. The molecule has 0 saturated carbocycles. The molecule has 0 radical (unpaired) electrons. The molecule has 1 heterocycles. The Balaban J connectivity index is 2.42. The second kappa shape index (κ2) is 7.47. The molecule has 1 atom stereocenters. The fourth-order valence-corrected chi connectivity index (χ4v) is 1.89. The molecule has 0 aromatic rings. The molecular formula is C11H26N6. The van der Waals surface area contributed by atoms with Gasteiger partial charge in [0.2, 0.25) is 5.96 Å². The molecule has 1 rings (SSSR count). The Kier molecular flexibility index (Phi) is 6.25. The van der Waals surface area contributed by atoms with Gasteiger partial charge in [0.1, 0.15) is 0 Å². The Bertz CT molecular complexity index is 242. The fraction of sp³-hybridized carbons (Fsp3) is 0.909. The van der Waals surface area contributed by atoms with Crippen LogP contribution in [-0.4, -0.2) is 68.6 Å². The highest BCUT2D eigenvalue weighted by atomic mass is 15.3. The largest absolute Gasteiger partial charge is 0.355 e. The van der Waals surface area contributed by atoms with E-state index in [0.717, 1.165) is 39.1 Å². The number of likely N-dealkylation sites (N-methyl/N-ethyl adjacent to an activating group) is 2. The summed E-state index contributed by atoms with van der Waals surface area (Å²) < 4.78 is 0. The highest BCUT2D eigenvalue weighted by Crippen LogP contribution is 2.05. The van der Waals surface area contributed by atoms with Crippen LogP contribution in [0.25, 0.3) is 0 Å². The Morgan fingerprint density at radius 3 is 2.82 bits per heavy atom. The molecule has 0 aromatic carbocycles. The zero-order valence-corrected chi connectivity index (χ0v) is 11.2. The zero-order valence-electron chi connectivity index (χ0n) is 11.2. The maximum Gasteiger partial charge on any atom is 0.205 e. The van der Waals surface area contributed by atoms with Crippen LogP contribution >= 0.6 is 0 Å². The van der Waals surface area contributed by atoms with Gasteiger partial charge in [-0.15, -0.1) is 0 Å². The molecule has 0 aromatic heterocycles. The standard InChI is InChI=1S/C11H26N6/c1-4-5-13-11(15-12)14-8-10-9-16(2)6-7-17(10)3/h10H,4-9,12H2,1-3H3,(H2,13,14,15). The molecule has 100 valence electrons. The van der Waals surface area contributed by atoms with Gasteiger partial charge in [-0.1, -0.05) is 6.92 Å². The first-order valence-corrected chi connectivity index (χ1v) is 6.31. The predicted molar refractivity (Wildman–Crippen MR) is 71.8 cm³/mol. The predicted octanol–water partition coefficient (Wildman–Crippen LogP) is -0.949. The number of nitrogens with one attached hydrogen (secondary N) is 2. The van der Waals surface area contributed by atoms with E-state index >= 15 is 0 Å². The first-order chi connectivity index (χ1) is 8.17. The lowest BCUT2D eigenvalue weighted by atomic mass is 10.2. The molecule has 17 heavy (non-hydrogen) atoms. The van der Waals surface area contributed by atoms with E-state index in [1.54, 1.807) is 0 Å². The fourth-order valence-electron chi connectivity index (χ4n) is 1.89. The van der Waals surface area contributed by atoms with Gasteiger partial charge in [-0.05, 0) is 20.5 Å². The van der Waals surface area contributed by atoms with Crippen molar-refractivity contribution in [1.29, 1.82) is 0 Å². The van der Waals surface area contributed by atoms with Crippen LogP contribution in [0.15, 0.2) is 4.99 Å². The van der Waals surface area contributed by atoms with Gasteiger partial charge in [0.25, 0.3) is 0 Å². The summed E-state index contributed by atoms with van der Waals surface area (Å²) >= 11 is 0. The first kappa shape index (κ1) is 14.2. The molecule has 1 aliphatic heterocycles. The monoisotopic (exact) mass is 242 g/mol. The maximum absolute atomic E-state index is 5.42. The summed E-state index contributed by atoms with van der Waals surface area (Å²) in [6, 6.07) is 0.473. The van der Waals surface area contributed by atoms with Crippen molar-refractivity contribution in [3.8, 4) is 0 Å². The van der Waals surface area contributed by atoms with Crippen LogP contribution in [0.4, 0.5) is 0 Å². The lowest BCUT2D eigenvalue weighted by molar-refractivity contribution is 0.119. The van der Waals surface area contributed by atoms with Crippen molar-refractivity contribution in [2.24, 2.45) is 10.8 Å². The van der Waals surface area contributed by atoms with Gasteiger partial charge in [-0.2, -0.15) is 0 Å². The van der Waals surface area contributed by atoms with Crippen LogP contribution in [0, 0.1) is 0 Å². The average molecular weight is 242 g/mol. The third kappa shape index (κ3) is 4.89. The molecule has 6 nitrogen and oxygen atoms in total. The molecule has 4 N–H and O–H groups in total. The van der Waals surface area contributed by atoms with Crippen LogP contribution in [0.5, 0.6) is 0 Å². The Labute approximate surface area is 104 Å². The topological polar surface area (TPSA) is 68.9 Å². The maximum atomic E-state index is 5.42. The number of aliphatic imine (C=N–C) groups is 1. The van der Waals surface area contributed by atoms with Crippen molar-refractivity contribution in [2.75, 3.05) is 46.8 Å². The molecule has 0 spiro atoms. The van der Waals surface area contributed by atoms with Gasteiger partial charge in [0, 0.05) is 32.2 Å². The highest BCUT2D eigenvalue weighted by Gasteiger charge is 2.21. The number of hydrazine groups is 1. The van der Waals surface area contributed by atoms with Crippen LogP contribution in [0.2, 0.25) is 0 Å². The highest BCUT2D eigenvalue weighted by molar-refractivity contribution is 5.79. The summed E-state index contributed by atoms with van der Waals surface area (Å²) in [6.07, 6.45) is 1.06. The minimum Gasteiger partial charge on any atom is -0.355 e. The number of nitrogens with zero attached hydrogens (tertiary/aromatic N) is 3. The Morgan fingerprint density at radius 1 is 1.41 bits per heavy atom. The van der Waals surface area contributed by atoms with E-state index in [2.05, 4.69) is 46.6 Å². The Hall–Kier alpha value is -0.850. The van der Waals surface area contributed by atoms with Crippen molar-refractivity contribution in [3.05, 3.63) is 0 Å². The van der Waals surface area contributed by atoms with Gasteiger partial charge < -0.3 is 10.2 Å².